The van der Waals surface area contributed by atoms with E-state index >= 15 is 0 Å². The minimum absolute atomic E-state index is 0.175. The average molecular weight is 409 g/mol. The molecular formula is C25H46P2. The van der Waals surface area contributed by atoms with Crippen molar-refractivity contribution in [3.63, 3.8) is 0 Å². The lowest BCUT2D eigenvalue weighted by atomic mass is 9.76. The number of hydrogen-bond donors (Lipinski definition) is 0. The number of hydrogen-bond acceptors (Lipinski definition) is 0. The summed E-state index contributed by atoms with van der Waals surface area (Å²) >= 11 is 0. The van der Waals surface area contributed by atoms with E-state index in [1.807, 2.05) is 0 Å². The Balaban J connectivity index is 1.66. The Morgan fingerprint density at radius 2 is 0.741 bits per heavy atom. The van der Waals surface area contributed by atoms with E-state index in [0.717, 1.165) is 23.2 Å². The van der Waals surface area contributed by atoms with Crippen molar-refractivity contribution in [1.82, 2.24) is 0 Å². The van der Waals surface area contributed by atoms with E-state index in [9.17, 15) is 0 Å². The molecule has 0 bridgehead atoms. The maximum absolute atomic E-state index is 3.74. The highest BCUT2D eigenvalue weighted by Gasteiger charge is 2.51. The molecule has 0 amide bonds. The SMILES string of the molecule is PC(C1CCCCC1)(C1CCCCC1)P(C1CCCCC1)C1CCCCC1. The summed E-state index contributed by atoms with van der Waals surface area (Å²) in [6, 6.07) is 0. The van der Waals surface area contributed by atoms with Crippen LogP contribution in [0.3, 0.4) is 0 Å². The van der Waals surface area contributed by atoms with Crippen LogP contribution in [0.15, 0.2) is 0 Å². The highest BCUT2D eigenvalue weighted by atomic mass is 31.2. The second-order valence-electron chi connectivity index (χ2n) is 10.5. The summed E-state index contributed by atoms with van der Waals surface area (Å²) in [5.41, 5.74) is 2.25. The standard InChI is InChI=1S/C25H46P2/c26-25(21-13-5-1-6-14-21,22-15-7-2-8-16-22)27(23-17-9-3-10-18-23)24-19-11-4-12-20-24/h21-24H,1-20,26H2. The predicted octanol–water partition coefficient (Wildman–Crippen LogP) is 8.87. The molecule has 0 aromatic heterocycles. The van der Waals surface area contributed by atoms with Crippen molar-refractivity contribution >= 4 is 17.2 Å². The summed E-state index contributed by atoms with van der Waals surface area (Å²) in [5.74, 6) is 2.10. The van der Waals surface area contributed by atoms with Crippen LogP contribution >= 0.6 is 17.2 Å². The van der Waals surface area contributed by atoms with Crippen LogP contribution in [0.1, 0.15) is 128 Å². The van der Waals surface area contributed by atoms with Gasteiger partial charge < -0.3 is 0 Å². The van der Waals surface area contributed by atoms with E-state index in [1.165, 1.54) is 51.4 Å². The van der Waals surface area contributed by atoms with E-state index < -0.39 is 0 Å². The van der Waals surface area contributed by atoms with Crippen molar-refractivity contribution in [2.75, 3.05) is 0 Å². The normalized spacial score (nSPS) is 28.7. The molecule has 0 aromatic rings. The molecule has 0 saturated heterocycles. The molecule has 4 rings (SSSR count). The fourth-order valence-corrected chi connectivity index (χ4v) is 14.5. The second-order valence-corrected chi connectivity index (χ2v) is 15.0. The topological polar surface area (TPSA) is 0 Å². The summed E-state index contributed by atoms with van der Waals surface area (Å²) in [7, 11) is 3.91. The van der Waals surface area contributed by atoms with Crippen molar-refractivity contribution in [3.8, 4) is 0 Å². The Hall–Kier alpha value is 0.860. The zero-order valence-electron chi connectivity index (χ0n) is 18.0. The van der Waals surface area contributed by atoms with Crippen molar-refractivity contribution in [2.45, 2.75) is 145 Å². The molecule has 4 aliphatic carbocycles. The molecule has 4 aliphatic rings. The lowest BCUT2D eigenvalue weighted by Gasteiger charge is -2.57. The van der Waals surface area contributed by atoms with Crippen LogP contribution in [0.4, 0.5) is 0 Å². The monoisotopic (exact) mass is 408 g/mol. The lowest BCUT2D eigenvalue weighted by Crippen LogP contribution is -2.45. The van der Waals surface area contributed by atoms with Gasteiger partial charge >= 0.3 is 0 Å². The summed E-state index contributed by atoms with van der Waals surface area (Å²) in [6.45, 7) is 0. The molecule has 27 heavy (non-hydrogen) atoms. The number of rotatable bonds is 5. The summed E-state index contributed by atoms with van der Waals surface area (Å²) in [4.78, 5) is 0.653. The van der Waals surface area contributed by atoms with Gasteiger partial charge in [0.1, 0.15) is 0 Å². The highest BCUT2D eigenvalue weighted by molar-refractivity contribution is 7.68. The van der Waals surface area contributed by atoms with E-state index in [-0.39, 0.29) is 7.92 Å². The van der Waals surface area contributed by atoms with Crippen molar-refractivity contribution < 1.29 is 0 Å². The zero-order chi connectivity index (χ0) is 18.5. The van der Waals surface area contributed by atoms with Crippen molar-refractivity contribution in [3.05, 3.63) is 0 Å². The minimum Gasteiger partial charge on any atom is -0.126 e. The maximum atomic E-state index is 3.74. The van der Waals surface area contributed by atoms with Gasteiger partial charge in [0.15, 0.2) is 0 Å². The molecular weight excluding hydrogens is 362 g/mol. The van der Waals surface area contributed by atoms with Crippen LogP contribution in [0.5, 0.6) is 0 Å². The maximum Gasteiger partial charge on any atom is 0.0110 e. The van der Waals surface area contributed by atoms with E-state index in [0.29, 0.717) is 4.90 Å². The van der Waals surface area contributed by atoms with Gasteiger partial charge in [0.05, 0.1) is 0 Å². The zero-order valence-corrected chi connectivity index (χ0v) is 20.0. The molecule has 0 aromatic carbocycles. The quantitative estimate of drug-likeness (QED) is 0.398. The van der Waals surface area contributed by atoms with E-state index in [4.69, 9.17) is 0 Å². The molecule has 1 atom stereocenters. The fourth-order valence-electron chi connectivity index (χ4n) is 7.53. The average Bonchev–Trinajstić information content (AvgIpc) is 2.76. The van der Waals surface area contributed by atoms with Gasteiger partial charge in [-0.3, -0.25) is 0 Å². The van der Waals surface area contributed by atoms with Gasteiger partial charge in [-0.1, -0.05) is 85.0 Å². The first-order valence-corrected chi connectivity index (χ1v) is 14.9. The molecule has 0 radical (unpaired) electrons. The third-order valence-corrected chi connectivity index (χ3v) is 15.0. The molecule has 0 heterocycles. The van der Waals surface area contributed by atoms with Crippen molar-refractivity contribution in [2.24, 2.45) is 11.8 Å². The highest BCUT2D eigenvalue weighted by Crippen LogP contribution is 2.73. The Labute approximate surface area is 173 Å². The first-order chi connectivity index (χ1) is 13.3. The Morgan fingerprint density at radius 3 is 1.07 bits per heavy atom. The van der Waals surface area contributed by atoms with Crippen molar-refractivity contribution in [1.29, 1.82) is 0 Å². The van der Waals surface area contributed by atoms with E-state index in [2.05, 4.69) is 9.24 Å². The van der Waals surface area contributed by atoms with Gasteiger partial charge in [-0.05, 0) is 74.5 Å². The van der Waals surface area contributed by atoms with Crippen LogP contribution in [-0.2, 0) is 0 Å². The van der Waals surface area contributed by atoms with Gasteiger partial charge in [0.2, 0.25) is 0 Å². The largest absolute Gasteiger partial charge is 0.126 e. The molecule has 156 valence electrons. The Kier molecular flexibility index (Phi) is 8.01. The third kappa shape index (κ3) is 4.79. The summed E-state index contributed by atoms with van der Waals surface area (Å²) in [6.07, 6.45) is 31.1. The van der Waals surface area contributed by atoms with Crippen LogP contribution in [-0.4, -0.2) is 16.2 Å². The molecule has 0 nitrogen and oxygen atoms in total. The predicted molar refractivity (Wildman–Crippen MR) is 126 cm³/mol. The molecule has 4 fully saturated rings. The molecule has 0 aliphatic heterocycles. The van der Waals surface area contributed by atoms with Gasteiger partial charge in [-0.2, -0.15) is 0 Å². The summed E-state index contributed by atoms with van der Waals surface area (Å²) < 4.78 is 0. The molecule has 1 unspecified atom stereocenters. The fraction of sp³-hybridized carbons (Fsp3) is 1.00. The van der Waals surface area contributed by atoms with Crippen LogP contribution in [0.2, 0.25) is 0 Å². The van der Waals surface area contributed by atoms with Crippen LogP contribution in [0.25, 0.3) is 0 Å². The third-order valence-electron chi connectivity index (χ3n) is 8.90. The second kappa shape index (κ2) is 10.3. The molecule has 4 saturated carbocycles. The summed E-state index contributed by atoms with van der Waals surface area (Å²) in [5, 5.41) is 0. The Bertz CT molecular complexity index is 388. The van der Waals surface area contributed by atoms with Gasteiger partial charge in [-0.25, -0.2) is 0 Å². The smallest absolute Gasteiger partial charge is 0.0110 e. The van der Waals surface area contributed by atoms with Crippen LogP contribution in [0, 0.1) is 11.8 Å². The van der Waals surface area contributed by atoms with Gasteiger partial charge in [-0.15, -0.1) is 9.24 Å². The Morgan fingerprint density at radius 1 is 0.444 bits per heavy atom. The van der Waals surface area contributed by atoms with Gasteiger partial charge in [0.25, 0.3) is 0 Å². The molecule has 2 heteroatoms. The lowest BCUT2D eigenvalue weighted by molar-refractivity contribution is 0.227. The first kappa shape index (κ1) is 21.1. The van der Waals surface area contributed by atoms with Gasteiger partial charge in [0, 0.05) is 4.90 Å². The minimum atomic E-state index is 0.175. The van der Waals surface area contributed by atoms with Crippen LogP contribution < -0.4 is 0 Å². The molecule has 0 N–H and O–H groups in total. The first-order valence-electron chi connectivity index (χ1n) is 12.9. The molecule has 0 spiro atoms. The van der Waals surface area contributed by atoms with E-state index in [1.54, 1.807) is 77.0 Å².